The van der Waals surface area contributed by atoms with Crippen LogP contribution in [0.3, 0.4) is 0 Å². The highest BCUT2D eigenvalue weighted by Crippen LogP contribution is 2.35. The van der Waals surface area contributed by atoms with Crippen molar-refractivity contribution in [3.63, 3.8) is 0 Å². The number of carbonyl (C=O) groups is 1. The SMILES string of the molecule is COc1cccc(OCC(=O)O)c1O. The first-order valence-corrected chi connectivity index (χ1v) is 3.85. The molecular formula is C9H10O5. The van der Waals surface area contributed by atoms with Crippen LogP contribution < -0.4 is 9.47 Å². The molecular weight excluding hydrogens is 188 g/mol. The number of phenols is 1. The third-order valence-corrected chi connectivity index (χ3v) is 1.53. The maximum Gasteiger partial charge on any atom is 0.341 e. The lowest BCUT2D eigenvalue weighted by Gasteiger charge is -2.08. The van der Waals surface area contributed by atoms with E-state index in [2.05, 4.69) is 0 Å². The van der Waals surface area contributed by atoms with Gasteiger partial charge >= 0.3 is 5.97 Å². The Morgan fingerprint density at radius 2 is 2.07 bits per heavy atom. The predicted octanol–water partition coefficient (Wildman–Crippen LogP) is 0.864. The molecule has 0 saturated carbocycles. The minimum Gasteiger partial charge on any atom is -0.502 e. The van der Waals surface area contributed by atoms with Gasteiger partial charge in [-0.1, -0.05) is 6.07 Å². The van der Waals surface area contributed by atoms with Gasteiger partial charge in [-0.3, -0.25) is 0 Å². The van der Waals surface area contributed by atoms with Gasteiger partial charge in [0.1, 0.15) is 0 Å². The molecule has 0 aromatic heterocycles. The molecule has 0 spiro atoms. The number of phenolic OH excluding ortho intramolecular Hbond substituents is 1. The van der Waals surface area contributed by atoms with Crippen molar-refractivity contribution in [2.75, 3.05) is 13.7 Å². The number of hydrogen-bond acceptors (Lipinski definition) is 4. The second kappa shape index (κ2) is 4.36. The van der Waals surface area contributed by atoms with Gasteiger partial charge in [0, 0.05) is 0 Å². The first-order chi connectivity index (χ1) is 6.65. The topological polar surface area (TPSA) is 76.0 Å². The van der Waals surface area contributed by atoms with Gasteiger partial charge < -0.3 is 19.7 Å². The minimum atomic E-state index is -1.10. The fourth-order valence-electron chi connectivity index (χ4n) is 0.923. The van der Waals surface area contributed by atoms with Crippen LogP contribution in [0.15, 0.2) is 18.2 Å². The molecule has 0 bridgehead atoms. The molecule has 14 heavy (non-hydrogen) atoms. The summed E-state index contributed by atoms with van der Waals surface area (Å²) in [6.45, 7) is -0.499. The van der Waals surface area contributed by atoms with Crippen molar-refractivity contribution in [2.24, 2.45) is 0 Å². The van der Waals surface area contributed by atoms with E-state index in [0.29, 0.717) is 0 Å². The van der Waals surface area contributed by atoms with Gasteiger partial charge in [0.2, 0.25) is 5.75 Å². The number of aliphatic carboxylic acids is 1. The molecule has 76 valence electrons. The number of para-hydroxylation sites is 1. The third-order valence-electron chi connectivity index (χ3n) is 1.53. The van der Waals surface area contributed by atoms with Gasteiger partial charge in [0.05, 0.1) is 7.11 Å². The number of methoxy groups -OCH3 is 1. The maximum atomic E-state index is 10.2. The summed E-state index contributed by atoms with van der Waals surface area (Å²) >= 11 is 0. The molecule has 2 N–H and O–H groups in total. The highest BCUT2D eigenvalue weighted by molar-refractivity contribution is 5.68. The van der Waals surface area contributed by atoms with Gasteiger partial charge in [-0.25, -0.2) is 4.79 Å². The van der Waals surface area contributed by atoms with E-state index in [1.807, 2.05) is 0 Å². The van der Waals surface area contributed by atoms with Crippen LogP contribution in [0.25, 0.3) is 0 Å². The van der Waals surface area contributed by atoms with Gasteiger partial charge in [-0.05, 0) is 12.1 Å². The molecule has 1 rings (SSSR count). The lowest BCUT2D eigenvalue weighted by Crippen LogP contribution is -2.09. The molecule has 0 aliphatic heterocycles. The number of rotatable bonds is 4. The Morgan fingerprint density at radius 1 is 1.43 bits per heavy atom. The van der Waals surface area contributed by atoms with E-state index in [1.54, 1.807) is 12.1 Å². The normalized spacial score (nSPS) is 9.50. The van der Waals surface area contributed by atoms with Crippen LogP contribution in [-0.4, -0.2) is 29.9 Å². The zero-order chi connectivity index (χ0) is 10.6. The van der Waals surface area contributed by atoms with Crippen molar-refractivity contribution in [2.45, 2.75) is 0 Å². The molecule has 0 unspecified atom stereocenters. The second-order valence-corrected chi connectivity index (χ2v) is 2.49. The molecule has 5 heteroatoms. The summed E-state index contributed by atoms with van der Waals surface area (Å²) < 4.78 is 9.63. The van der Waals surface area contributed by atoms with Gasteiger partial charge in [0.25, 0.3) is 0 Å². The summed E-state index contributed by atoms with van der Waals surface area (Å²) in [6.07, 6.45) is 0. The van der Waals surface area contributed by atoms with E-state index in [1.165, 1.54) is 13.2 Å². The first-order valence-electron chi connectivity index (χ1n) is 3.85. The minimum absolute atomic E-state index is 0.0896. The summed E-state index contributed by atoms with van der Waals surface area (Å²) in [7, 11) is 1.40. The molecule has 0 radical (unpaired) electrons. The Bertz CT molecular complexity index is 334. The average Bonchev–Trinajstić information content (AvgIpc) is 2.16. The lowest BCUT2D eigenvalue weighted by molar-refractivity contribution is -0.139. The molecule has 1 aromatic carbocycles. The van der Waals surface area contributed by atoms with Crippen LogP contribution in [0.5, 0.6) is 17.2 Å². The number of hydrogen-bond donors (Lipinski definition) is 2. The summed E-state index contributed by atoms with van der Waals surface area (Å²) in [5.74, 6) is -0.969. The smallest absolute Gasteiger partial charge is 0.341 e. The van der Waals surface area contributed by atoms with Crippen LogP contribution in [0, 0.1) is 0 Å². The van der Waals surface area contributed by atoms with E-state index in [4.69, 9.17) is 14.6 Å². The van der Waals surface area contributed by atoms with Crippen LogP contribution in [0.2, 0.25) is 0 Å². The molecule has 0 atom stereocenters. The fourth-order valence-corrected chi connectivity index (χ4v) is 0.923. The first kappa shape index (κ1) is 10.2. The van der Waals surface area contributed by atoms with Crippen LogP contribution in [-0.2, 0) is 4.79 Å². The highest BCUT2D eigenvalue weighted by atomic mass is 16.5. The monoisotopic (exact) mass is 198 g/mol. The molecule has 0 heterocycles. The Kier molecular flexibility index (Phi) is 3.17. The van der Waals surface area contributed by atoms with Crippen molar-refractivity contribution in [3.05, 3.63) is 18.2 Å². The molecule has 0 amide bonds. The fraction of sp³-hybridized carbons (Fsp3) is 0.222. The zero-order valence-corrected chi connectivity index (χ0v) is 7.56. The second-order valence-electron chi connectivity index (χ2n) is 2.49. The van der Waals surface area contributed by atoms with E-state index >= 15 is 0 Å². The van der Waals surface area contributed by atoms with Crippen molar-refractivity contribution in [1.82, 2.24) is 0 Å². The summed E-state index contributed by atoms with van der Waals surface area (Å²) in [6, 6.07) is 4.60. The predicted molar refractivity (Wildman–Crippen MR) is 47.8 cm³/mol. The Balaban J connectivity index is 2.81. The zero-order valence-electron chi connectivity index (χ0n) is 7.56. The van der Waals surface area contributed by atoms with E-state index in [9.17, 15) is 9.90 Å². The van der Waals surface area contributed by atoms with E-state index in [0.717, 1.165) is 0 Å². The number of ether oxygens (including phenoxy) is 2. The summed E-state index contributed by atoms with van der Waals surface area (Å²) in [5.41, 5.74) is 0. The van der Waals surface area contributed by atoms with Crippen LogP contribution >= 0.6 is 0 Å². The number of benzene rings is 1. The van der Waals surface area contributed by atoms with Crippen molar-refractivity contribution >= 4 is 5.97 Å². The molecule has 5 nitrogen and oxygen atoms in total. The van der Waals surface area contributed by atoms with E-state index < -0.39 is 12.6 Å². The Hall–Kier alpha value is -1.91. The van der Waals surface area contributed by atoms with Crippen molar-refractivity contribution in [1.29, 1.82) is 0 Å². The molecule has 0 fully saturated rings. The van der Waals surface area contributed by atoms with Crippen molar-refractivity contribution < 1.29 is 24.5 Å². The van der Waals surface area contributed by atoms with Crippen molar-refractivity contribution in [3.8, 4) is 17.2 Å². The highest BCUT2D eigenvalue weighted by Gasteiger charge is 2.09. The molecule has 1 aromatic rings. The van der Waals surface area contributed by atoms with Crippen LogP contribution in [0.1, 0.15) is 0 Å². The lowest BCUT2D eigenvalue weighted by atomic mass is 10.3. The summed E-state index contributed by atoms with van der Waals surface area (Å²) in [4.78, 5) is 10.2. The number of carboxylic acid groups (broad SMARTS) is 1. The Morgan fingerprint density at radius 3 is 2.64 bits per heavy atom. The molecule has 0 aliphatic rings. The standard InChI is InChI=1S/C9H10O5/c1-13-6-3-2-4-7(9(6)12)14-5-8(10)11/h2-4,12H,5H2,1H3,(H,10,11). The molecule has 0 aliphatic carbocycles. The molecule has 0 saturated heterocycles. The number of carboxylic acids is 1. The number of aromatic hydroxyl groups is 1. The van der Waals surface area contributed by atoms with Crippen LogP contribution in [0.4, 0.5) is 0 Å². The van der Waals surface area contributed by atoms with Gasteiger partial charge in [0.15, 0.2) is 18.1 Å². The largest absolute Gasteiger partial charge is 0.502 e. The Labute approximate surface area is 80.5 Å². The van der Waals surface area contributed by atoms with Gasteiger partial charge in [-0.15, -0.1) is 0 Å². The summed E-state index contributed by atoms with van der Waals surface area (Å²) in [5, 5.41) is 17.8. The van der Waals surface area contributed by atoms with E-state index in [-0.39, 0.29) is 17.2 Å². The third kappa shape index (κ3) is 2.29. The quantitative estimate of drug-likeness (QED) is 0.750. The average molecular weight is 198 g/mol. The maximum absolute atomic E-state index is 10.2. The van der Waals surface area contributed by atoms with Gasteiger partial charge in [-0.2, -0.15) is 0 Å².